The first kappa shape index (κ1) is 25.7. The molecule has 34 heavy (non-hydrogen) atoms. The van der Waals surface area contributed by atoms with Crippen LogP contribution in [0, 0.1) is 17.2 Å². The average Bonchev–Trinajstić information content (AvgIpc) is 2.78. The van der Waals surface area contributed by atoms with Crippen molar-refractivity contribution >= 4 is 11.8 Å². The predicted octanol–water partition coefficient (Wildman–Crippen LogP) is 5.28. The van der Waals surface area contributed by atoms with E-state index in [0.717, 1.165) is 16.7 Å². The van der Waals surface area contributed by atoms with E-state index < -0.39 is 17.6 Å². The second-order valence-electron chi connectivity index (χ2n) is 10.5. The highest BCUT2D eigenvalue weighted by molar-refractivity contribution is 5.83. The summed E-state index contributed by atoms with van der Waals surface area (Å²) in [5, 5.41) is 2.94. The molecule has 1 aliphatic rings. The smallest absolute Gasteiger partial charge is 0.261 e. The Morgan fingerprint density at radius 1 is 1.18 bits per heavy atom. The van der Waals surface area contributed by atoms with Crippen molar-refractivity contribution < 1.29 is 18.7 Å². The highest BCUT2D eigenvalue weighted by atomic mass is 19.1. The van der Waals surface area contributed by atoms with Gasteiger partial charge in [0.05, 0.1) is 6.04 Å². The number of amides is 2. The maximum Gasteiger partial charge on any atom is 0.261 e. The number of rotatable bonds is 7. The molecule has 5 nitrogen and oxygen atoms in total. The Labute approximate surface area is 202 Å². The molecule has 1 heterocycles. The van der Waals surface area contributed by atoms with E-state index in [9.17, 15) is 14.0 Å². The molecule has 0 unspecified atom stereocenters. The number of benzene rings is 2. The van der Waals surface area contributed by atoms with Crippen molar-refractivity contribution in [1.82, 2.24) is 10.2 Å². The lowest BCUT2D eigenvalue weighted by Gasteiger charge is -2.41. The first-order valence-electron chi connectivity index (χ1n) is 12.1. The van der Waals surface area contributed by atoms with Crippen LogP contribution in [-0.2, 0) is 16.0 Å². The quantitative estimate of drug-likeness (QED) is 0.602. The second-order valence-corrected chi connectivity index (χ2v) is 10.5. The van der Waals surface area contributed by atoms with Crippen molar-refractivity contribution in [3.8, 4) is 5.75 Å². The summed E-state index contributed by atoms with van der Waals surface area (Å²) in [7, 11) is 0. The molecule has 6 heteroatoms. The molecule has 0 fully saturated rings. The molecule has 2 atom stereocenters. The van der Waals surface area contributed by atoms with E-state index in [-0.39, 0.29) is 17.6 Å². The minimum atomic E-state index is -0.611. The largest absolute Gasteiger partial charge is 0.481 e. The van der Waals surface area contributed by atoms with Crippen LogP contribution < -0.4 is 10.1 Å². The molecule has 3 rings (SSSR count). The fourth-order valence-electron chi connectivity index (χ4n) is 4.26. The molecule has 1 N–H and O–H groups in total. The van der Waals surface area contributed by atoms with E-state index in [1.807, 2.05) is 70.7 Å². The van der Waals surface area contributed by atoms with Gasteiger partial charge in [-0.15, -0.1) is 0 Å². The number of hydrogen-bond acceptors (Lipinski definition) is 3. The van der Waals surface area contributed by atoms with Crippen LogP contribution >= 0.6 is 0 Å². The Morgan fingerprint density at radius 2 is 1.91 bits per heavy atom. The van der Waals surface area contributed by atoms with Crippen molar-refractivity contribution in [1.29, 1.82) is 0 Å². The van der Waals surface area contributed by atoms with Crippen LogP contribution in [0.5, 0.6) is 5.75 Å². The Morgan fingerprint density at radius 3 is 2.53 bits per heavy atom. The van der Waals surface area contributed by atoms with E-state index in [0.29, 0.717) is 37.6 Å². The first-order valence-corrected chi connectivity index (χ1v) is 12.1. The Hall–Kier alpha value is -2.89. The van der Waals surface area contributed by atoms with Gasteiger partial charge in [-0.05, 0) is 59.7 Å². The zero-order valence-corrected chi connectivity index (χ0v) is 21.2. The third kappa shape index (κ3) is 5.96. The SMILES string of the molecule is CC[C@@H](Oc1ccc2c(c1)[C@@H](c1cccc(F)c1)N(C(=O)C(C)(C)C)CC2)C(=O)NCC(C)C. The van der Waals surface area contributed by atoms with Crippen LogP contribution in [-0.4, -0.2) is 35.9 Å². The van der Waals surface area contributed by atoms with Gasteiger partial charge in [0.15, 0.2) is 6.10 Å². The summed E-state index contributed by atoms with van der Waals surface area (Å²) in [5.74, 6) is 0.451. The zero-order valence-electron chi connectivity index (χ0n) is 21.2. The van der Waals surface area contributed by atoms with E-state index in [1.165, 1.54) is 12.1 Å². The van der Waals surface area contributed by atoms with Crippen molar-refractivity contribution in [3.05, 3.63) is 65.0 Å². The summed E-state index contributed by atoms with van der Waals surface area (Å²) >= 11 is 0. The Bertz CT molecular complexity index is 1030. The number of halogens is 1. The fraction of sp³-hybridized carbons (Fsp3) is 0.500. The lowest BCUT2D eigenvalue weighted by atomic mass is 9.85. The standard InChI is InChI=1S/C28H37FN2O3/c1-7-24(26(32)30-17-18(2)3)34-22-12-11-19-13-14-31(27(33)28(4,5)6)25(23(19)16-22)20-9-8-10-21(29)15-20/h8-12,15-16,18,24-25H,7,13-14,17H2,1-6H3,(H,30,32)/t24-,25-/m1/s1. The maximum absolute atomic E-state index is 14.2. The second kappa shape index (κ2) is 10.6. The molecule has 0 aliphatic carbocycles. The van der Waals surface area contributed by atoms with Gasteiger partial charge in [-0.2, -0.15) is 0 Å². The molecule has 2 aromatic carbocycles. The predicted molar refractivity (Wildman–Crippen MR) is 132 cm³/mol. The number of nitrogens with zero attached hydrogens (tertiary/aromatic N) is 1. The van der Waals surface area contributed by atoms with E-state index >= 15 is 0 Å². The topological polar surface area (TPSA) is 58.6 Å². The fourth-order valence-corrected chi connectivity index (χ4v) is 4.26. The van der Waals surface area contributed by atoms with Crippen molar-refractivity contribution in [2.75, 3.05) is 13.1 Å². The molecule has 2 aromatic rings. The van der Waals surface area contributed by atoms with E-state index in [1.54, 1.807) is 6.07 Å². The van der Waals surface area contributed by atoms with Crippen LogP contribution in [0.4, 0.5) is 4.39 Å². The van der Waals surface area contributed by atoms with Crippen LogP contribution in [0.15, 0.2) is 42.5 Å². The molecular weight excluding hydrogens is 431 g/mol. The first-order chi connectivity index (χ1) is 16.0. The third-order valence-corrected chi connectivity index (χ3v) is 6.04. The average molecular weight is 469 g/mol. The summed E-state index contributed by atoms with van der Waals surface area (Å²) < 4.78 is 20.3. The number of fused-ring (bicyclic) bond motifs is 1. The number of ether oxygens (including phenoxy) is 1. The lowest BCUT2D eigenvalue weighted by Crippen LogP contribution is -2.45. The van der Waals surface area contributed by atoms with Crippen LogP contribution in [0.25, 0.3) is 0 Å². The van der Waals surface area contributed by atoms with Gasteiger partial charge < -0.3 is 15.0 Å². The molecular formula is C28H37FN2O3. The van der Waals surface area contributed by atoms with Gasteiger partial charge in [-0.3, -0.25) is 9.59 Å². The summed E-state index contributed by atoms with van der Waals surface area (Å²) in [6, 6.07) is 11.8. The lowest BCUT2D eigenvalue weighted by molar-refractivity contribution is -0.141. The summed E-state index contributed by atoms with van der Waals surface area (Å²) in [4.78, 5) is 27.8. The van der Waals surface area contributed by atoms with Crippen LogP contribution in [0.1, 0.15) is 70.7 Å². The van der Waals surface area contributed by atoms with Gasteiger partial charge in [0.1, 0.15) is 11.6 Å². The Balaban J connectivity index is 1.98. The van der Waals surface area contributed by atoms with Gasteiger partial charge >= 0.3 is 0 Å². The zero-order chi connectivity index (χ0) is 25.0. The van der Waals surface area contributed by atoms with Gasteiger partial charge in [0, 0.05) is 18.5 Å². The van der Waals surface area contributed by atoms with Gasteiger partial charge in [0.25, 0.3) is 5.91 Å². The molecule has 0 bridgehead atoms. The van der Waals surface area contributed by atoms with Crippen molar-refractivity contribution in [2.24, 2.45) is 11.3 Å². The maximum atomic E-state index is 14.2. The molecule has 2 amide bonds. The van der Waals surface area contributed by atoms with Gasteiger partial charge in [0.2, 0.25) is 5.91 Å². The van der Waals surface area contributed by atoms with Gasteiger partial charge in [-0.25, -0.2) is 4.39 Å². The number of nitrogens with one attached hydrogen (secondary N) is 1. The van der Waals surface area contributed by atoms with Gasteiger partial charge in [-0.1, -0.05) is 59.7 Å². The number of carbonyl (C=O) groups excluding carboxylic acids is 2. The monoisotopic (exact) mass is 468 g/mol. The van der Waals surface area contributed by atoms with Crippen LogP contribution in [0.2, 0.25) is 0 Å². The molecule has 0 saturated carbocycles. The van der Waals surface area contributed by atoms with Crippen molar-refractivity contribution in [3.63, 3.8) is 0 Å². The summed E-state index contributed by atoms with van der Waals surface area (Å²) in [6.07, 6.45) is 0.624. The number of carbonyl (C=O) groups is 2. The molecule has 0 aromatic heterocycles. The summed E-state index contributed by atoms with van der Waals surface area (Å²) in [5.41, 5.74) is 2.15. The van der Waals surface area contributed by atoms with E-state index in [2.05, 4.69) is 5.32 Å². The van der Waals surface area contributed by atoms with Crippen LogP contribution in [0.3, 0.4) is 0 Å². The molecule has 0 spiro atoms. The van der Waals surface area contributed by atoms with Crippen molar-refractivity contribution in [2.45, 2.75) is 66.5 Å². The highest BCUT2D eigenvalue weighted by Crippen LogP contribution is 2.39. The Kier molecular flexibility index (Phi) is 8.01. The number of hydrogen-bond donors (Lipinski definition) is 1. The minimum Gasteiger partial charge on any atom is -0.481 e. The normalized spacial score (nSPS) is 16.7. The van der Waals surface area contributed by atoms with E-state index in [4.69, 9.17) is 4.74 Å². The minimum absolute atomic E-state index is 0.0123. The summed E-state index contributed by atoms with van der Waals surface area (Å²) in [6.45, 7) is 12.8. The third-order valence-electron chi connectivity index (χ3n) is 6.04. The molecule has 1 aliphatic heterocycles. The molecule has 184 valence electrons. The molecule has 0 saturated heterocycles. The molecule has 0 radical (unpaired) electrons. The highest BCUT2D eigenvalue weighted by Gasteiger charge is 2.37.